The fraction of sp³-hybridized carbons (Fsp3) is 0.600. The fourth-order valence-electron chi connectivity index (χ4n) is 5.94. The number of phenolic OH excluding ortho intramolecular Hbond substituents is 1. The first-order valence-electron chi connectivity index (χ1n) is 8.59. The van der Waals surface area contributed by atoms with Gasteiger partial charge in [-0.1, -0.05) is 32.1 Å². The molecular weight excluding hydrogens is 272 g/mol. The molecule has 22 heavy (non-hydrogen) atoms. The summed E-state index contributed by atoms with van der Waals surface area (Å²) in [5, 5.41) is 20.3. The van der Waals surface area contributed by atoms with Crippen LogP contribution in [0.3, 0.4) is 0 Å². The summed E-state index contributed by atoms with van der Waals surface area (Å²) in [6.45, 7) is 9.04. The summed E-state index contributed by atoms with van der Waals surface area (Å²) >= 11 is 0. The van der Waals surface area contributed by atoms with Crippen LogP contribution in [0.15, 0.2) is 30.4 Å². The number of aliphatic hydroxyl groups is 1. The summed E-state index contributed by atoms with van der Waals surface area (Å²) < 4.78 is 0. The van der Waals surface area contributed by atoms with Crippen molar-refractivity contribution in [1.29, 1.82) is 0 Å². The Labute approximate surface area is 132 Å². The number of aliphatic hydroxyl groups excluding tert-OH is 1. The van der Waals surface area contributed by atoms with E-state index < -0.39 is 0 Å². The summed E-state index contributed by atoms with van der Waals surface area (Å²) in [4.78, 5) is 0. The van der Waals surface area contributed by atoms with Gasteiger partial charge in [0.1, 0.15) is 5.75 Å². The molecule has 2 saturated carbocycles. The predicted molar refractivity (Wildman–Crippen MR) is 87.8 cm³/mol. The molecule has 2 nitrogen and oxygen atoms in total. The van der Waals surface area contributed by atoms with E-state index in [4.69, 9.17) is 0 Å². The highest BCUT2D eigenvalue weighted by Gasteiger charge is 2.57. The number of aromatic hydroxyl groups is 1. The Hall–Kier alpha value is -1.28. The smallest absolute Gasteiger partial charge is 0.115 e. The van der Waals surface area contributed by atoms with Crippen LogP contribution in [0.5, 0.6) is 5.75 Å². The molecular formula is C20H26O2. The van der Waals surface area contributed by atoms with Crippen LogP contribution in [0.1, 0.15) is 50.2 Å². The maximum absolute atomic E-state index is 10.5. The Balaban J connectivity index is 1.83. The molecule has 4 rings (SSSR count). The minimum absolute atomic E-state index is 0.0148. The van der Waals surface area contributed by atoms with Gasteiger partial charge in [0.25, 0.3) is 0 Å². The van der Waals surface area contributed by atoms with E-state index in [0.29, 0.717) is 29.4 Å². The lowest BCUT2D eigenvalue weighted by molar-refractivity contribution is -0.0148. The van der Waals surface area contributed by atoms with E-state index in [-0.39, 0.29) is 11.5 Å². The van der Waals surface area contributed by atoms with Crippen molar-refractivity contribution >= 4 is 0 Å². The monoisotopic (exact) mass is 298 g/mol. The highest BCUT2D eigenvalue weighted by molar-refractivity contribution is 5.45. The summed E-state index contributed by atoms with van der Waals surface area (Å²) in [6.07, 6.45) is 3.87. The number of benzene rings is 1. The van der Waals surface area contributed by atoms with Crippen molar-refractivity contribution in [2.75, 3.05) is 0 Å². The van der Waals surface area contributed by atoms with E-state index in [2.05, 4.69) is 26.5 Å². The van der Waals surface area contributed by atoms with Gasteiger partial charge in [-0.05, 0) is 66.7 Å². The van der Waals surface area contributed by atoms with Crippen LogP contribution in [0.2, 0.25) is 0 Å². The molecule has 2 N–H and O–H groups in total. The van der Waals surface area contributed by atoms with E-state index in [1.54, 1.807) is 0 Å². The fourth-order valence-corrected chi connectivity index (χ4v) is 5.94. The summed E-state index contributed by atoms with van der Waals surface area (Å²) in [6, 6.07) is 5.86. The SMILES string of the molecule is C=C1CC2(C)C(O)CCC2C2C1c1ccc(O)cc1C[C@H]2C. The second-order valence-electron chi connectivity index (χ2n) is 8.16. The number of phenols is 1. The zero-order chi connectivity index (χ0) is 15.6. The van der Waals surface area contributed by atoms with Crippen molar-refractivity contribution in [3.63, 3.8) is 0 Å². The molecule has 0 saturated heterocycles. The third kappa shape index (κ3) is 1.76. The molecule has 6 atom stereocenters. The van der Waals surface area contributed by atoms with Gasteiger partial charge in [-0.3, -0.25) is 0 Å². The first-order chi connectivity index (χ1) is 10.4. The van der Waals surface area contributed by atoms with E-state index >= 15 is 0 Å². The molecule has 2 heteroatoms. The minimum atomic E-state index is -0.177. The molecule has 0 amide bonds. The molecule has 3 aliphatic carbocycles. The van der Waals surface area contributed by atoms with E-state index in [1.165, 1.54) is 16.7 Å². The molecule has 118 valence electrons. The second kappa shape index (κ2) is 4.61. The van der Waals surface area contributed by atoms with Gasteiger partial charge >= 0.3 is 0 Å². The Bertz CT molecular complexity index is 635. The zero-order valence-electron chi connectivity index (χ0n) is 13.5. The quantitative estimate of drug-likeness (QED) is 0.710. The molecule has 0 radical (unpaired) electrons. The lowest BCUT2D eigenvalue weighted by atomic mass is 9.51. The van der Waals surface area contributed by atoms with Crippen molar-refractivity contribution < 1.29 is 10.2 Å². The number of fused-ring (bicyclic) bond motifs is 5. The molecule has 0 aromatic heterocycles. The predicted octanol–water partition coefficient (Wildman–Crippen LogP) is 4.02. The minimum Gasteiger partial charge on any atom is -0.508 e. The van der Waals surface area contributed by atoms with Crippen LogP contribution >= 0.6 is 0 Å². The lowest BCUT2D eigenvalue weighted by Gasteiger charge is -2.53. The van der Waals surface area contributed by atoms with Crippen LogP contribution in [-0.4, -0.2) is 16.3 Å². The maximum Gasteiger partial charge on any atom is 0.115 e. The Kier molecular flexibility index (Phi) is 3.00. The third-order valence-electron chi connectivity index (χ3n) is 6.92. The van der Waals surface area contributed by atoms with Crippen molar-refractivity contribution in [1.82, 2.24) is 0 Å². The molecule has 0 bridgehead atoms. The van der Waals surface area contributed by atoms with Gasteiger partial charge in [-0.2, -0.15) is 0 Å². The van der Waals surface area contributed by atoms with E-state index in [9.17, 15) is 10.2 Å². The van der Waals surface area contributed by atoms with Gasteiger partial charge in [0, 0.05) is 11.3 Å². The zero-order valence-corrected chi connectivity index (χ0v) is 13.5. The van der Waals surface area contributed by atoms with Crippen molar-refractivity contribution in [2.45, 2.75) is 51.6 Å². The summed E-state index contributed by atoms with van der Waals surface area (Å²) in [7, 11) is 0. The maximum atomic E-state index is 10.5. The van der Waals surface area contributed by atoms with Gasteiger partial charge in [-0.15, -0.1) is 0 Å². The molecule has 1 aromatic rings. The van der Waals surface area contributed by atoms with Gasteiger partial charge < -0.3 is 10.2 Å². The standard InChI is InChI=1S/C20H26O2/c1-11-8-13-9-14(21)4-5-15(13)18-12(2)10-20(3)16(19(11)18)6-7-17(20)22/h4-5,9,11,16-19,21-22H,2,6-8,10H2,1,3H3/t11-,16?,17?,18?,19?,20?/m1/s1. The van der Waals surface area contributed by atoms with Crippen LogP contribution < -0.4 is 0 Å². The first-order valence-corrected chi connectivity index (χ1v) is 8.59. The number of hydrogen-bond donors (Lipinski definition) is 2. The molecule has 5 unspecified atom stereocenters. The van der Waals surface area contributed by atoms with Crippen molar-refractivity contribution in [2.24, 2.45) is 23.2 Å². The van der Waals surface area contributed by atoms with Crippen LogP contribution in [0, 0.1) is 23.2 Å². The van der Waals surface area contributed by atoms with Gasteiger partial charge in [-0.25, -0.2) is 0 Å². The Morgan fingerprint density at radius 1 is 1.27 bits per heavy atom. The first kappa shape index (κ1) is 14.3. The normalized spacial score (nSPS) is 43.4. The Morgan fingerprint density at radius 3 is 2.82 bits per heavy atom. The summed E-state index contributed by atoms with van der Waals surface area (Å²) in [5.41, 5.74) is 3.95. The average molecular weight is 298 g/mol. The molecule has 2 fully saturated rings. The largest absolute Gasteiger partial charge is 0.508 e. The molecule has 0 heterocycles. The molecule has 0 aliphatic heterocycles. The second-order valence-corrected chi connectivity index (χ2v) is 8.16. The number of rotatable bonds is 0. The topological polar surface area (TPSA) is 40.5 Å². The van der Waals surface area contributed by atoms with Gasteiger partial charge in [0.05, 0.1) is 6.10 Å². The van der Waals surface area contributed by atoms with E-state index in [0.717, 1.165) is 25.7 Å². The molecule has 1 aromatic carbocycles. The Morgan fingerprint density at radius 2 is 2.05 bits per heavy atom. The number of hydrogen-bond acceptors (Lipinski definition) is 2. The average Bonchev–Trinajstić information content (AvgIpc) is 2.74. The van der Waals surface area contributed by atoms with Gasteiger partial charge in [0.15, 0.2) is 0 Å². The van der Waals surface area contributed by atoms with Crippen LogP contribution in [0.4, 0.5) is 0 Å². The van der Waals surface area contributed by atoms with Crippen LogP contribution in [-0.2, 0) is 6.42 Å². The molecule has 3 aliphatic rings. The molecule has 0 spiro atoms. The van der Waals surface area contributed by atoms with Crippen LogP contribution in [0.25, 0.3) is 0 Å². The van der Waals surface area contributed by atoms with Crippen molar-refractivity contribution in [3.8, 4) is 5.75 Å². The third-order valence-corrected chi connectivity index (χ3v) is 6.92. The van der Waals surface area contributed by atoms with Gasteiger partial charge in [0.2, 0.25) is 0 Å². The van der Waals surface area contributed by atoms with E-state index in [1.807, 2.05) is 12.1 Å². The lowest BCUT2D eigenvalue weighted by Crippen LogP contribution is -2.47. The highest BCUT2D eigenvalue weighted by Crippen LogP contribution is 2.63. The summed E-state index contributed by atoms with van der Waals surface area (Å²) in [5.74, 6) is 2.52. The highest BCUT2D eigenvalue weighted by atomic mass is 16.3. The number of allylic oxidation sites excluding steroid dienone is 1. The van der Waals surface area contributed by atoms with Crippen molar-refractivity contribution in [3.05, 3.63) is 41.5 Å².